The largest absolute Gasteiger partial charge is 0.459 e. The fraction of sp³-hybridized carbons (Fsp3) is 0.939. The van der Waals surface area contributed by atoms with Crippen LogP contribution >= 0.6 is 0 Å². The van der Waals surface area contributed by atoms with Crippen molar-refractivity contribution in [3.63, 3.8) is 0 Å². The zero-order valence-electron chi connectivity index (χ0n) is 30.0. The number of aliphatic hydroxyl groups excluding tert-OH is 3. The Hall–Kier alpha value is -1.46. The Bertz CT molecular complexity index is 1010. The van der Waals surface area contributed by atoms with Gasteiger partial charge in [0.05, 0.1) is 60.5 Å². The average molecular weight is 680 g/mol. The van der Waals surface area contributed by atoms with Crippen molar-refractivity contribution in [3.05, 3.63) is 0 Å². The lowest BCUT2D eigenvalue weighted by Crippen LogP contribution is -2.59. The lowest BCUT2D eigenvalue weighted by atomic mass is 9.74. The molecule has 2 unspecified atom stereocenters. The van der Waals surface area contributed by atoms with Gasteiger partial charge in [0.2, 0.25) is 6.79 Å². The van der Waals surface area contributed by atoms with Crippen LogP contribution in [0.25, 0.3) is 0 Å². The summed E-state index contributed by atoms with van der Waals surface area (Å²) in [5, 5.41) is 61.6. The molecule has 0 aromatic rings. The summed E-state index contributed by atoms with van der Waals surface area (Å²) in [6, 6.07) is 0. The highest BCUT2D eigenvalue weighted by atomic mass is 16.7. The third-order valence-electron chi connectivity index (χ3n) is 10.1. The molecule has 14 atom stereocenters. The first-order chi connectivity index (χ1) is 21.8. The van der Waals surface area contributed by atoms with Crippen molar-refractivity contribution in [2.24, 2.45) is 28.8 Å². The van der Waals surface area contributed by atoms with Crippen molar-refractivity contribution in [1.82, 2.24) is 0 Å². The third kappa shape index (κ3) is 10.1. The summed E-state index contributed by atoms with van der Waals surface area (Å²) in [6.07, 6.45) is -7.37. The summed E-state index contributed by atoms with van der Waals surface area (Å²) in [5.74, 6) is -4.01. The topological polar surface area (TPSA) is 195 Å². The maximum atomic E-state index is 13.7. The first kappa shape index (κ1) is 41.7. The van der Waals surface area contributed by atoms with Crippen molar-refractivity contribution < 1.29 is 63.6 Å². The Morgan fingerprint density at radius 3 is 2.13 bits per heavy atom. The molecule has 276 valence electrons. The Morgan fingerprint density at radius 1 is 0.915 bits per heavy atom. The van der Waals surface area contributed by atoms with Crippen LogP contribution in [0.15, 0.2) is 5.16 Å². The van der Waals surface area contributed by atoms with Gasteiger partial charge in [-0.15, -0.1) is 0 Å². The van der Waals surface area contributed by atoms with Gasteiger partial charge in [-0.1, -0.05) is 32.9 Å². The Kier molecular flexibility index (Phi) is 15.5. The Labute approximate surface area is 279 Å². The molecule has 2 fully saturated rings. The quantitative estimate of drug-likeness (QED) is 0.0971. The molecule has 2 aliphatic heterocycles. The summed E-state index contributed by atoms with van der Waals surface area (Å²) in [5.41, 5.74) is -4.39. The minimum Gasteiger partial charge on any atom is -0.459 e. The van der Waals surface area contributed by atoms with Crippen LogP contribution in [0.1, 0.15) is 81.6 Å². The molecule has 0 bridgehead atoms. The van der Waals surface area contributed by atoms with Gasteiger partial charge in [-0.3, -0.25) is 4.79 Å². The van der Waals surface area contributed by atoms with E-state index in [9.17, 15) is 30.3 Å². The van der Waals surface area contributed by atoms with E-state index in [1.54, 1.807) is 55.6 Å². The van der Waals surface area contributed by atoms with Crippen LogP contribution in [0.4, 0.5) is 0 Å². The lowest BCUT2D eigenvalue weighted by molar-refractivity contribution is -0.299. The second-order valence-electron chi connectivity index (χ2n) is 14.0. The van der Waals surface area contributed by atoms with Gasteiger partial charge in [-0.2, -0.15) is 0 Å². The van der Waals surface area contributed by atoms with Crippen LogP contribution in [0.3, 0.4) is 0 Å². The van der Waals surface area contributed by atoms with E-state index in [0.717, 1.165) is 0 Å². The molecule has 14 heteroatoms. The molecule has 0 saturated carbocycles. The fourth-order valence-electron chi connectivity index (χ4n) is 6.88. The van der Waals surface area contributed by atoms with Crippen molar-refractivity contribution in [3.8, 4) is 0 Å². The number of aliphatic hydroxyl groups is 5. The highest BCUT2D eigenvalue weighted by Crippen LogP contribution is 2.38. The lowest BCUT2D eigenvalue weighted by Gasteiger charge is -2.47. The minimum atomic E-state index is -1.93. The van der Waals surface area contributed by atoms with E-state index < -0.39 is 89.4 Å². The normalized spacial score (nSPS) is 45.3. The Balaban J connectivity index is 2.56. The van der Waals surface area contributed by atoms with Crippen LogP contribution in [0, 0.1) is 23.7 Å². The number of hydrogen-bond acceptors (Lipinski definition) is 14. The van der Waals surface area contributed by atoms with Gasteiger partial charge < -0.3 is 58.8 Å². The molecule has 0 aromatic carbocycles. The number of oxime groups is 1. The van der Waals surface area contributed by atoms with Crippen molar-refractivity contribution in [2.75, 3.05) is 34.2 Å². The molecule has 0 aliphatic carbocycles. The highest BCUT2D eigenvalue weighted by Gasteiger charge is 2.51. The molecule has 0 radical (unpaired) electrons. The molecule has 47 heavy (non-hydrogen) atoms. The van der Waals surface area contributed by atoms with Crippen LogP contribution in [-0.2, 0) is 38.1 Å². The molecule has 0 amide bonds. The molecule has 2 rings (SSSR count). The summed E-state index contributed by atoms with van der Waals surface area (Å²) in [6.45, 7) is 15.1. The summed E-state index contributed by atoms with van der Waals surface area (Å²) >= 11 is 0. The van der Waals surface area contributed by atoms with Gasteiger partial charge in [0, 0.05) is 38.4 Å². The van der Waals surface area contributed by atoms with E-state index in [1.165, 1.54) is 21.0 Å². The number of cyclic esters (lactones) is 1. The van der Waals surface area contributed by atoms with Crippen LogP contribution in [0.5, 0.6) is 0 Å². The van der Waals surface area contributed by atoms with E-state index in [-0.39, 0.29) is 32.7 Å². The maximum absolute atomic E-state index is 13.7. The van der Waals surface area contributed by atoms with Crippen molar-refractivity contribution >= 4 is 11.7 Å². The number of esters is 1. The number of hydrogen-bond donors (Lipinski definition) is 5. The molecule has 2 heterocycles. The molecule has 5 N–H and O–H groups in total. The second-order valence-corrected chi connectivity index (χ2v) is 14.0. The van der Waals surface area contributed by atoms with Crippen LogP contribution in [-0.4, -0.2) is 131 Å². The predicted octanol–water partition coefficient (Wildman–Crippen LogP) is 1.76. The summed E-state index contributed by atoms with van der Waals surface area (Å²) in [4.78, 5) is 19.2. The van der Waals surface area contributed by atoms with Gasteiger partial charge in [-0.05, 0) is 47.5 Å². The van der Waals surface area contributed by atoms with Gasteiger partial charge in [0.1, 0.15) is 17.8 Å². The van der Waals surface area contributed by atoms with E-state index in [4.69, 9.17) is 33.3 Å². The number of rotatable bonds is 10. The van der Waals surface area contributed by atoms with Crippen molar-refractivity contribution in [2.45, 2.75) is 141 Å². The van der Waals surface area contributed by atoms with Gasteiger partial charge >= 0.3 is 5.97 Å². The monoisotopic (exact) mass is 679 g/mol. The molecule has 0 spiro atoms. The molecule has 0 aromatic heterocycles. The van der Waals surface area contributed by atoms with E-state index in [2.05, 4.69) is 5.16 Å². The number of carbonyl (C=O) groups is 1. The SMILES string of the molecule is CCC1OC(=O)[C@H](C)C(O[C@H]2C[C@@](C)(OC)[C@@H](O)[C@H](C)O2)[C@H](C)[C@@H](O)[C@](C)(O)C[C@@H](C)/C(=N\OCOCCOC)[C@H](C)[C@@H](O)[C@]1(C)O. The molecular formula is C33H61NO13. The molecule has 14 nitrogen and oxygen atoms in total. The van der Waals surface area contributed by atoms with Gasteiger partial charge in [-0.25, -0.2) is 0 Å². The van der Waals surface area contributed by atoms with E-state index in [0.29, 0.717) is 12.3 Å². The smallest absolute Gasteiger partial charge is 0.311 e. The molecule has 2 aliphatic rings. The third-order valence-corrected chi connectivity index (χ3v) is 10.1. The Morgan fingerprint density at radius 2 is 1.55 bits per heavy atom. The maximum Gasteiger partial charge on any atom is 0.311 e. The van der Waals surface area contributed by atoms with E-state index in [1.807, 2.05) is 0 Å². The number of carbonyl (C=O) groups excluding carboxylic acids is 1. The van der Waals surface area contributed by atoms with Crippen LogP contribution < -0.4 is 0 Å². The zero-order chi connectivity index (χ0) is 35.9. The average Bonchev–Trinajstić information content (AvgIpc) is 3.01. The fourth-order valence-corrected chi connectivity index (χ4v) is 6.88. The van der Waals surface area contributed by atoms with Crippen LogP contribution in [0.2, 0.25) is 0 Å². The highest BCUT2D eigenvalue weighted by molar-refractivity contribution is 5.88. The first-order valence-electron chi connectivity index (χ1n) is 16.6. The summed E-state index contributed by atoms with van der Waals surface area (Å²) in [7, 11) is 3.02. The van der Waals surface area contributed by atoms with Crippen molar-refractivity contribution in [1.29, 1.82) is 0 Å². The summed E-state index contributed by atoms with van der Waals surface area (Å²) < 4.78 is 34.1. The molecule has 2 saturated heterocycles. The number of methoxy groups -OCH3 is 2. The number of nitrogens with zero attached hydrogens (tertiary/aromatic N) is 1. The predicted molar refractivity (Wildman–Crippen MR) is 171 cm³/mol. The van der Waals surface area contributed by atoms with E-state index >= 15 is 0 Å². The first-order valence-corrected chi connectivity index (χ1v) is 16.6. The standard InChI is InChI=1S/C33H61NO13/c1-12-23-33(9,40)28(36)19(3)25(34-44-17-43-14-13-41-10)18(2)15-31(7,39)27(35)20(4)26(21(5)30(38)46-23)47-24-16-32(8,42-11)29(37)22(6)45-24/h18-24,26-29,35-37,39-40H,12-17H2,1-11H3/b34-25+/t18-,19+,20+,21-,22+,23?,24+,26?,27-,28-,29+,31-,32-,33-/m1/s1. The minimum absolute atomic E-state index is 0.0297. The van der Waals surface area contributed by atoms with Gasteiger partial charge in [0.15, 0.2) is 6.29 Å². The zero-order valence-corrected chi connectivity index (χ0v) is 30.0. The number of ether oxygens (including phenoxy) is 6. The van der Waals surface area contributed by atoms with Gasteiger partial charge in [0.25, 0.3) is 0 Å². The second kappa shape index (κ2) is 17.5. The molecular weight excluding hydrogens is 618 g/mol.